The van der Waals surface area contributed by atoms with Gasteiger partial charge in [0.05, 0.1) is 16.4 Å². The Kier molecular flexibility index (Phi) is 9.64. The highest BCUT2D eigenvalue weighted by Gasteiger charge is 2.35. The lowest BCUT2D eigenvalue weighted by Gasteiger charge is -2.22. The molecule has 1 aliphatic heterocycles. The number of imide groups is 1. The summed E-state index contributed by atoms with van der Waals surface area (Å²) in [6, 6.07) is 18.0. The Morgan fingerprint density at radius 3 is 2.56 bits per heavy atom. The van der Waals surface area contributed by atoms with E-state index in [1.165, 1.54) is 24.3 Å². The van der Waals surface area contributed by atoms with Gasteiger partial charge in [-0.1, -0.05) is 29.8 Å². The average Bonchev–Trinajstić information content (AvgIpc) is 3.21. The van der Waals surface area contributed by atoms with Gasteiger partial charge in [0, 0.05) is 53.2 Å². The summed E-state index contributed by atoms with van der Waals surface area (Å²) in [6.45, 7) is 5.21. The second-order valence-electron chi connectivity index (χ2n) is 8.94. The number of ether oxygens (including phenoxy) is 1. The number of nitrogens with one attached hydrogen (secondary N) is 1. The molecular formula is C29H27ClN4O6S. The molecule has 1 saturated heterocycles. The molecular weight excluding hydrogens is 568 g/mol. The first kappa shape index (κ1) is 29.6. The van der Waals surface area contributed by atoms with Crippen LogP contribution in [0.5, 0.6) is 5.75 Å². The third-order valence-corrected chi connectivity index (χ3v) is 7.36. The van der Waals surface area contributed by atoms with Crippen LogP contribution in [0.15, 0.2) is 71.6 Å². The summed E-state index contributed by atoms with van der Waals surface area (Å²) in [5, 5.41) is 13.7. The lowest BCUT2D eigenvalue weighted by molar-refractivity contribution is -0.384. The van der Waals surface area contributed by atoms with E-state index >= 15 is 0 Å². The maximum absolute atomic E-state index is 13.2. The lowest BCUT2D eigenvalue weighted by atomic mass is 10.1. The summed E-state index contributed by atoms with van der Waals surface area (Å²) >= 11 is 6.87. The number of thioether (sulfide) groups is 1. The average molecular weight is 595 g/mol. The van der Waals surface area contributed by atoms with Gasteiger partial charge in [-0.25, -0.2) is 0 Å². The van der Waals surface area contributed by atoms with Crippen LogP contribution < -0.4 is 15.0 Å². The molecule has 3 amide bonds. The fourth-order valence-electron chi connectivity index (χ4n) is 4.19. The van der Waals surface area contributed by atoms with Gasteiger partial charge in [0.2, 0.25) is 0 Å². The van der Waals surface area contributed by atoms with E-state index in [0.29, 0.717) is 16.3 Å². The van der Waals surface area contributed by atoms with Gasteiger partial charge in [-0.3, -0.25) is 29.4 Å². The molecule has 3 aromatic carbocycles. The van der Waals surface area contributed by atoms with Gasteiger partial charge in [0.15, 0.2) is 6.61 Å². The van der Waals surface area contributed by atoms with E-state index in [1.807, 2.05) is 19.9 Å². The van der Waals surface area contributed by atoms with Crippen LogP contribution in [-0.2, 0) is 16.1 Å². The Labute approximate surface area is 246 Å². The van der Waals surface area contributed by atoms with Crippen molar-refractivity contribution in [3.63, 3.8) is 0 Å². The number of rotatable bonds is 11. The van der Waals surface area contributed by atoms with Crippen LogP contribution in [0.4, 0.5) is 21.9 Å². The minimum atomic E-state index is -0.548. The fourth-order valence-corrected chi connectivity index (χ4v) is 5.23. The van der Waals surface area contributed by atoms with E-state index in [9.17, 15) is 24.5 Å². The lowest BCUT2D eigenvalue weighted by Crippen LogP contribution is -2.27. The maximum Gasteiger partial charge on any atom is 0.293 e. The zero-order valence-corrected chi connectivity index (χ0v) is 23.9. The molecule has 1 fully saturated rings. The molecule has 10 nitrogen and oxygen atoms in total. The van der Waals surface area contributed by atoms with Crippen molar-refractivity contribution in [2.24, 2.45) is 0 Å². The van der Waals surface area contributed by atoms with E-state index < -0.39 is 22.0 Å². The van der Waals surface area contributed by atoms with Crippen LogP contribution in [0.2, 0.25) is 5.02 Å². The third kappa shape index (κ3) is 7.44. The summed E-state index contributed by atoms with van der Waals surface area (Å²) < 4.78 is 5.89. The number of non-ortho nitro benzene ring substituents is 1. The van der Waals surface area contributed by atoms with Crippen LogP contribution >= 0.6 is 23.4 Å². The van der Waals surface area contributed by atoms with Gasteiger partial charge in [0.25, 0.3) is 22.7 Å². The SMILES string of the molecule is CCN(CC)c1ccc(/C=C2\SC(=O)N(Cc3cccc(Cl)c3)C2=O)c(OCC(=O)Nc2cccc([N+](=O)[O-])c2)c1. The number of nitro benzene ring substituents is 1. The molecule has 1 N–H and O–H groups in total. The smallest absolute Gasteiger partial charge is 0.293 e. The van der Waals surface area contributed by atoms with Gasteiger partial charge in [-0.05, 0) is 67.6 Å². The van der Waals surface area contributed by atoms with Crippen LogP contribution in [-0.4, -0.2) is 46.6 Å². The van der Waals surface area contributed by atoms with Crippen molar-refractivity contribution in [1.82, 2.24) is 4.90 Å². The zero-order chi connectivity index (χ0) is 29.5. The number of anilines is 2. The molecule has 1 heterocycles. The van der Waals surface area contributed by atoms with E-state index in [0.717, 1.165) is 41.0 Å². The number of nitro groups is 1. The monoisotopic (exact) mass is 594 g/mol. The molecule has 212 valence electrons. The van der Waals surface area contributed by atoms with Crippen LogP contribution in [0.25, 0.3) is 6.08 Å². The number of benzene rings is 3. The summed E-state index contributed by atoms with van der Waals surface area (Å²) in [5.41, 5.74) is 2.21. The summed E-state index contributed by atoms with van der Waals surface area (Å²) in [4.78, 5) is 52.4. The Hall–Kier alpha value is -4.35. The molecule has 12 heteroatoms. The molecule has 0 atom stereocenters. The molecule has 0 aromatic heterocycles. The van der Waals surface area contributed by atoms with Gasteiger partial charge in [0.1, 0.15) is 5.75 Å². The first-order valence-corrected chi connectivity index (χ1v) is 13.9. The standard InChI is InChI=1S/C29H27ClN4O6S/c1-3-32(4-2)23-12-11-20(14-26-28(36)33(29(37)41-26)17-19-7-5-8-21(30)13-19)25(16-23)40-18-27(35)31-22-9-6-10-24(15-22)34(38)39/h5-16H,3-4,17-18H2,1-2H3,(H,31,35)/b26-14-. The second-order valence-corrected chi connectivity index (χ2v) is 10.4. The number of hydrogen-bond donors (Lipinski definition) is 1. The minimum absolute atomic E-state index is 0.0879. The molecule has 0 unspecified atom stereocenters. The number of halogens is 1. The van der Waals surface area contributed by atoms with Crippen LogP contribution in [0.3, 0.4) is 0 Å². The highest BCUT2D eigenvalue weighted by Crippen LogP contribution is 2.36. The second kappa shape index (κ2) is 13.3. The molecule has 0 radical (unpaired) electrons. The van der Waals surface area contributed by atoms with E-state index in [1.54, 1.807) is 42.5 Å². The largest absolute Gasteiger partial charge is 0.483 e. The Bertz CT molecular complexity index is 1520. The molecule has 3 aromatic rings. The number of hydrogen-bond acceptors (Lipinski definition) is 8. The third-order valence-electron chi connectivity index (χ3n) is 6.22. The molecule has 0 spiro atoms. The van der Waals surface area contributed by atoms with Crippen molar-refractivity contribution in [3.05, 3.63) is 97.9 Å². The van der Waals surface area contributed by atoms with Gasteiger partial charge >= 0.3 is 0 Å². The van der Waals surface area contributed by atoms with E-state index in [-0.39, 0.29) is 29.4 Å². The van der Waals surface area contributed by atoms with Crippen molar-refractivity contribution in [3.8, 4) is 5.75 Å². The quantitative estimate of drug-likeness (QED) is 0.155. The number of carbonyl (C=O) groups is 3. The first-order chi connectivity index (χ1) is 19.7. The van der Waals surface area contributed by atoms with E-state index in [2.05, 4.69) is 10.2 Å². The van der Waals surface area contributed by atoms with Crippen molar-refractivity contribution >= 4 is 63.6 Å². The summed E-state index contributed by atoms with van der Waals surface area (Å²) in [6.07, 6.45) is 1.57. The topological polar surface area (TPSA) is 122 Å². The Balaban J connectivity index is 1.55. The fraction of sp³-hybridized carbons (Fsp3) is 0.207. The van der Waals surface area contributed by atoms with E-state index in [4.69, 9.17) is 16.3 Å². The molecule has 0 saturated carbocycles. The molecule has 0 aliphatic carbocycles. The Morgan fingerprint density at radius 1 is 1.10 bits per heavy atom. The molecule has 41 heavy (non-hydrogen) atoms. The van der Waals surface area contributed by atoms with Gasteiger partial charge in [-0.15, -0.1) is 0 Å². The number of carbonyl (C=O) groups excluding carboxylic acids is 3. The molecule has 0 bridgehead atoms. The van der Waals surface area contributed by atoms with Crippen molar-refractivity contribution in [2.45, 2.75) is 20.4 Å². The first-order valence-electron chi connectivity index (χ1n) is 12.7. The maximum atomic E-state index is 13.2. The highest BCUT2D eigenvalue weighted by atomic mass is 35.5. The van der Waals surface area contributed by atoms with Crippen molar-refractivity contribution < 1.29 is 24.0 Å². The summed E-state index contributed by atoms with van der Waals surface area (Å²) in [5.74, 6) is -0.626. The predicted molar refractivity (Wildman–Crippen MR) is 160 cm³/mol. The number of amides is 3. The predicted octanol–water partition coefficient (Wildman–Crippen LogP) is 6.35. The summed E-state index contributed by atoms with van der Waals surface area (Å²) in [7, 11) is 0. The molecule has 1 aliphatic rings. The normalized spacial score (nSPS) is 13.9. The van der Waals surface area contributed by atoms with Gasteiger partial charge in [-0.2, -0.15) is 0 Å². The van der Waals surface area contributed by atoms with Gasteiger partial charge < -0.3 is 15.0 Å². The number of nitrogens with zero attached hydrogens (tertiary/aromatic N) is 3. The van der Waals surface area contributed by atoms with Crippen LogP contribution in [0, 0.1) is 10.1 Å². The Morgan fingerprint density at radius 2 is 1.85 bits per heavy atom. The zero-order valence-electron chi connectivity index (χ0n) is 22.3. The van der Waals surface area contributed by atoms with Crippen molar-refractivity contribution in [1.29, 1.82) is 0 Å². The minimum Gasteiger partial charge on any atom is -0.483 e. The highest BCUT2D eigenvalue weighted by molar-refractivity contribution is 8.18. The van der Waals surface area contributed by atoms with Crippen LogP contribution in [0.1, 0.15) is 25.0 Å². The molecule has 4 rings (SSSR count). The van der Waals surface area contributed by atoms with Crippen molar-refractivity contribution in [2.75, 3.05) is 29.9 Å².